The lowest BCUT2D eigenvalue weighted by molar-refractivity contribution is 0.198. The first-order chi connectivity index (χ1) is 11.8. The monoisotopic (exact) mass is 341 g/mol. The second kappa shape index (κ2) is 7.74. The van der Waals surface area contributed by atoms with Crippen LogP contribution in [0, 0.1) is 0 Å². The van der Waals surface area contributed by atoms with Crippen molar-refractivity contribution >= 4 is 17.4 Å². The zero-order valence-corrected chi connectivity index (χ0v) is 14.2. The molecule has 0 saturated carbocycles. The van der Waals surface area contributed by atoms with Gasteiger partial charge in [0.2, 0.25) is 0 Å². The van der Waals surface area contributed by atoms with Crippen molar-refractivity contribution < 1.29 is 4.79 Å². The van der Waals surface area contributed by atoms with E-state index >= 15 is 0 Å². The first kappa shape index (κ1) is 16.2. The van der Waals surface area contributed by atoms with Crippen molar-refractivity contribution in [1.82, 2.24) is 25.0 Å². The molecule has 0 atom stereocenters. The number of amides is 2. The van der Waals surface area contributed by atoms with Crippen molar-refractivity contribution in [3.05, 3.63) is 64.7 Å². The van der Waals surface area contributed by atoms with Gasteiger partial charge in [-0.1, -0.05) is 12.1 Å². The highest BCUT2D eigenvalue weighted by atomic mass is 32.1. The molecule has 7 heteroatoms. The fourth-order valence-electron chi connectivity index (χ4n) is 2.27. The lowest BCUT2D eigenvalue weighted by atomic mass is 10.3. The van der Waals surface area contributed by atoms with E-state index in [4.69, 9.17) is 0 Å². The molecule has 6 nitrogen and oxygen atoms in total. The number of urea groups is 1. The van der Waals surface area contributed by atoms with Gasteiger partial charge in [-0.2, -0.15) is 5.10 Å². The molecule has 0 spiro atoms. The van der Waals surface area contributed by atoms with E-state index in [-0.39, 0.29) is 6.03 Å². The van der Waals surface area contributed by atoms with Crippen LogP contribution in [-0.2, 0) is 13.1 Å². The van der Waals surface area contributed by atoms with Gasteiger partial charge in [0.05, 0.1) is 6.54 Å². The number of thiophene rings is 1. The van der Waals surface area contributed by atoms with Crippen molar-refractivity contribution in [1.29, 1.82) is 0 Å². The average Bonchev–Trinajstić information content (AvgIpc) is 3.31. The molecular weight excluding hydrogens is 322 g/mol. The molecule has 3 aromatic rings. The molecule has 0 aromatic carbocycles. The smallest absolute Gasteiger partial charge is 0.317 e. The van der Waals surface area contributed by atoms with Crippen LogP contribution in [0.3, 0.4) is 0 Å². The van der Waals surface area contributed by atoms with Gasteiger partial charge in [-0.05, 0) is 36.1 Å². The highest BCUT2D eigenvalue weighted by Gasteiger charge is 2.12. The number of pyridine rings is 1. The average molecular weight is 341 g/mol. The summed E-state index contributed by atoms with van der Waals surface area (Å²) in [4.78, 5) is 19.6. The number of nitrogens with zero attached hydrogens (tertiary/aromatic N) is 4. The molecule has 0 bridgehead atoms. The standard InChI is InChI=1S/C17H19N5OS/c1-2-21(13-15-5-3-10-24-15)17(23)19-12-14-6-7-16(18-11-14)22-9-4-8-20-22/h3-11H,2,12-13H2,1H3,(H,19,23). The Kier molecular flexibility index (Phi) is 5.22. The fourth-order valence-corrected chi connectivity index (χ4v) is 2.99. The number of carbonyl (C=O) groups excluding carboxylic acids is 1. The van der Waals surface area contributed by atoms with Gasteiger partial charge in [0.25, 0.3) is 0 Å². The topological polar surface area (TPSA) is 63.1 Å². The van der Waals surface area contributed by atoms with E-state index in [1.54, 1.807) is 33.3 Å². The van der Waals surface area contributed by atoms with Crippen molar-refractivity contribution in [3.8, 4) is 5.82 Å². The predicted molar refractivity (Wildman–Crippen MR) is 94.0 cm³/mol. The number of nitrogens with one attached hydrogen (secondary N) is 1. The molecule has 2 amide bonds. The Hall–Kier alpha value is -2.67. The third-order valence-corrected chi connectivity index (χ3v) is 4.45. The molecule has 1 N–H and O–H groups in total. The molecule has 124 valence electrons. The van der Waals surface area contributed by atoms with Crippen LogP contribution in [0.15, 0.2) is 54.3 Å². The summed E-state index contributed by atoms with van der Waals surface area (Å²) in [5, 5.41) is 9.11. The number of hydrogen-bond acceptors (Lipinski definition) is 4. The summed E-state index contributed by atoms with van der Waals surface area (Å²) in [5.74, 6) is 0.753. The first-order valence-electron chi connectivity index (χ1n) is 7.76. The van der Waals surface area contributed by atoms with Crippen molar-refractivity contribution in [2.24, 2.45) is 0 Å². The van der Waals surface area contributed by atoms with Crippen LogP contribution in [0.2, 0.25) is 0 Å². The zero-order valence-electron chi connectivity index (χ0n) is 13.4. The van der Waals surface area contributed by atoms with Gasteiger partial charge in [0, 0.05) is 36.6 Å². The summed E-state index contributed by atoms with van der Waals surface area (Å²) in [6.07, 6.45) is 5.31. The quantitative estimate of drug-likeness (QED) is 0.749. The van der Waals surface area contributed by atoms with Crippen LogP contribution >= 0.6 is 11.3 Å². The van der Waals surface area contributed by atoms with Crippen LogP contribution in [0.5, 0.6) is 0 Å². The Balaban J connectivity index is 1.55. The third kappa shape index (κ3) is 3.99. The van der Waals surface area contributed by atoms with Crippen LogP contribution < -0.4 is 5.32 Å². The molecule has 3 aromatic heterocycles. The van der Waals surface area contributed by atoms with Crippen molar-refractivity contribution in [2.75, 3.05) is 6.54 Å². The van der Waals surface area contributed by atoms with Gasteiger partial charge in [0.1, 0.15) is 0 Å². The molecule has 0 fully saturated rings. The maximum atomic E-state index is 12.3. The predicted octanol–water partition coefficient (Wildman–Crippen LogP) is 3.06. The molecule has 0 aliphatic heterocycles. The highest BCUT2D eigenvalue weighted by molar-refractivity contribution is 7.09. The summed E-state index contributed by atoms with van der Waals surface area (Å²) in [6.45, 7) is 3.73. The van der Waals surface area contributed by atoms with E-state index in [0.29, 0.717) is 19.6 Å². The maximum Gasteiger partial charge on any atom is 0.317 e. The summed E-state index contributed by atoms with van der Waals surface area (Å²) in [5.41, 5.74) is 0.950. The van der Waals surface area contributed by atoms with Gasteiger partial charge in [-0.3, -0.25) is 0 Å². The van der Waals surface area contributed by atoms with Crippen molar-refractivity contribution in [2.45, 2.75) is 20.0 Å². The third-order valence-electron chi connectivity index (χ3n) is 3.59. The zero-order chi connectivity index (χ0) is 16.8. The van der Waals surface area contributed by atoms with E-state index in [1.807, 2.05) is 48.8 Å². The number of rotatable bonds is 6. The summed E-state index contributed by atoms with van der Waals surface area (Å²) in [7, 11) is 0. The molecule has 0 unspecified atom stereocenters. The maximum absolute atomic E-state index is 12.3. The minimum Gasteiger partial charge on any atom is -0.334 e. The molecular formula is C17H19N5OS. The Labute approximate surface area is 144 Å². The summed E-state index contributed by atoms with van der Waals surface area (Å²) >= 11 is 1.66. The first-order valence-corrected chi connectivity index (χ1v) is 8.64. The Morgan fingerprint density at radius 1 is 1.33 bits per heavy atom. The fraction of sp³-hybridized carbons (Fsp3) is 0.235. The van der Waals surface area contributed by atoms with E-state index < -0.39 is 0 Å². The van der Waals surface area contributed by atoms with Crippen LogP contribution in [-0.4, -0.2) is 32.2 Å². The van der Waals surface area contributed by atoms with Gasteiger partial charge in [-0.25, -0.2) is 14.5 Å². The minimum atomic E-state index is -0.0675. The van der Waals surface area contributed by atoms with Crippen LogP contribution in [0.4, 0.5) is 4.79 Å². The molecule has 0 aliphatic rings. The largest absolute Gasteiger partial charge is 0.334 e. The molecule has 0 radical (unpaired) electrons. The lowest BCUT2D eigenvalue weighted by Gasteiger charge is -2.20. The summed E-state index contributed by atoms with van der Waals surface area (Å²) in [6, 6.07) is 9.65. The molecule has 24 heavy (non-hydrogen) atoms. The van der Waals surface area contributed by atoms with Crippen LogP contribution in [0.1, 0.15) is 17.4 Å². The van der Waals surface area contributed by atoms with E-state index in [0.717, 1.165) is 11.4 Å². The second-order valence-corrected chi connectivity index (χ2v) is 6.26. The number of aromatic nitrogens is 3. The van der Waals surface area contributed by atoms with Gasteiger partial charge in [-0.15, -0.1) is 11.3 Å². The second-order valence-electron chi connectivity index (χ2n) is 5.23. The minimum absolute atomic E-state index is 0.0675. The SMILES string of the molecule is CCN(Cc1cccs1)C(=O)NCc1ccc(-n2cccn2)nc1. The number of carbonyl (C=O) groups is 1. The van der Waals surface area contributed by atoms with E-state index in [2.05, 4.69) is 15.4 Å². The van der Waals surface area contributed by atoms with Crippen molar-refractivity contribution in [3.63, 3.8) is 0 Å². The van der Waals surface area contributed by atoms with Gasteiger partial charge in [0.15, 0.2) is 5.82 Å². The van der Waals surface area contributed by atoms with Gasteiger partial charge < -0.3 is 10.2 Å². The van der Waals surface area contributed by atoms with Crippen LogP contribution in [0.25, 0.3) is 5.82 Å². The Morgan fingerprint density at radius 2 is 2.25 bits per heavy atom. The molecule has 0 aliphatic carbocycles. The molecule has 0 saturated heterocycles. The van der Waals surface area contributed by atoms with Gasteiger partial charge >= 0.3 is 6.03 Å². The van der Waals surface area contributed by atoms with E-state index in [1.165, 1.54) is 4.88 Å². The Morgan fingerprint density at radius 3 is 2.88 bits per heavy atom. The molecule has 3 rings (SSSR count). The lowest BCUT2D eigenvalue weighted by Crippen LogP contribution is -2.38. The molecule has 3 heterocycles. The Bertz CT molecular complexity index is 753. The highest BCUT2D eigenvalue weighted by Crippen LogP contribution is 2.12. The summed E-state index contributed by atoms with van der Waals surface area (Å²) < 4.78 is 1.70. The number of hydrogen-bond donors (Lipinski definition) is 1. The van der Waals surface area contributed by atoms with E-state index in [9.17, 15) is 4.79 Å². The normalized spacial score (nSPS) is 10.5.